The first-order valence-electron chi connectivity index (χ1n) is 13.3. The summed E-state index contributed by atoms with van der Waals surface area (Å²) >= 11 is 1.33. The summed E-state index contributed by atoms with van der Waals surface area (Å²) in [4.78, 5) is 40.5. The first-order chi connectivity index (χ1) is 17.4. The average molecular weight is 514 g/mol. The van der Waals surface area contributed by atoms with Crippen LogP contribution in [0.2, 0.25) is 0 Å². The van der Waals surface area contributed by atoms with Gasteiger partial charge in [0.25, 0.3) is 0 Å². The van der Waals surface area contributed by atoms with E-state index in [2.05, 4.69) is 6.92 Å². The van der Waals surface area contributed by atoms with Gasteiger partial charge >= 0.3 is 5.97 Å². The Hall–Kier alpha value is -2.67. The largest absolute Gasteiger partial charge is 0.508 e. The number of Topliss-reactive ketones (excluding diaryl/α,β-unsaturated/α-hetero) is 1. The van der Waals surface area contributed by atoms with Crippen LogP contribution in [0.15, 0.2) is 29.6 Å². The standard InChI is InChI=1S/C29H39NO5S/c1-3-5-10-24(31)13-14-30(19-21-16-27(36-20-21)29(34)35-15-6-4-2)28(33)18-23-9-7-8-22-17-25(32)11-12-26(22)23/h11-12,16-17,20,23,32H,3-10,13-15,18-19H2,1-2H3. The number of esters is 1. The summed E-state index contributed by atoms with van der Waals surface area (Å²) < 4.78 is 5.32. The fraction of sp³-hybridized carbons (Fsp3) is 0.552. The lowest BCUT2D eigenvalue weighted by Gasteiger charge is -2.28. The van der Waals surface area contributed by atoms with Gasteiger partial charge in [-0.1, -0.05) is 32.8 Å². The van der Waals surface area contributed by atoms with E-state index in [1.54, 1.807) is 17.0 Å². The van der Waals surface area contributed by atoms with Crippen molar-refractivity contribution in [3.63, 3.8) is 0 Å². The number of amides is 1. The molecule has 0 aliphatic heterocycles. The Balaban J connectivity index is 1.69. The van der Waals surface area contributed by atoms with E-state index in [0.29, 0.717) is 43.8 Å². The SMILES string of the molecule is CCCCOC(=O)c1cc(CN(CCC(=O)CCCC)C(=O)CC2CCCc3cc(O)ccc32)cs1. The number of phenols is 1. The summed E-state index contributed by atoms with van der Waals surface area (Å²) in [6, 6.07) is 7.24. The number of aromatic hydroxyl groups is 1. The molecule has 1 atom stereocenters. The molecule has 1 aromatic heterocycles. The van der Waals surface area contributed by atoms with Crippen molar-refractivity contribution >= 4 is 29.0 Å². The number of nitrogens with zero attached hydrogens (tertiary/aromatic N) is 1. The zero-order valence-electron chi connectivity index (χ0n) is 21.6. The van der Waals surface area contributed by atoms with Crippen LogP contribution in [0.1, 0.15) is 104 Å². The van der Waals surface area contributed by atoms with E-state index in [0.717, 1.165) is 61.6 Å². The highest BCUT2D eigenvalue weighted by atomic mass is 32.1. The monoisotopic (exact) mass is 513 g/mol. The van der Waals surface area contributed by atoms with E-state index in [9.17, 15) is 19.5 Å². The summed E-state index contributed by atoms with van der Waals surface area (Å²) in [7, 11) is 0. The molecule has 0 bridgehead atoms. The summed E-state index contributed by atoms with van der Waals surface area (Å²) in [5, 5.41) is 11.8. The van der Waals surface area contributed by atoms with Crippen LogP contribution in [0.4, 0.5) is 0 Å². The lowest BCUT2D eigenvalue weighted by molar-refractivity contribution is -0.132. The number of ketones is 1. The van der Waals surface area contributed by atoms with Gasteiger partial charge in [-0.2, -0.15) is 0 Å². The second-order valence-corrected chi connectivity index (χ2v) is 10.6. The van der Waals surface area contributed by atoms with Gasteiger partial charge in [0.05, 0.1) is 6.61 Å². The van der Waals surface area contributed by atoms with Gasteiger partial charge in [0.2, 0.25) is 5.91 Å². The minimum absolute atomic E-state index is 0.0162. The normalized spacial score (nSPS) is 14.8. The van der Waals surface area contributed by atoms with Gasteiger partial charge in [-0.15, -0.1) is 11.3 Å². The topological polar surface area (TPSA) is 83.9 Å². The molecule has 7 heteroatoms. The fourth-order valence-corrected chi connectivity index (χ4v) is 5.47. The number of ether oxygens (including phenoxy) is 1. The van der Waals surface area contributed by atoms with Gasteiger partial charge in [-0.05, 0) is 78.3 Å². The molecular weight excluding hydrogens is 474 g/mol. The third kappa shape index (κ3) is 8.19. The lowest BCUT2D eigenvalue weighted by Crippen LogP contribution is -2.33. The van der Waals surface area contributed by atoms with E-state index in [1.807, 2.05) is 24.4 Å². The van der Waals surface area contributed by atoms with Crippen molar-refractivity contribution in [1.82, 2.24) is 4.90 Å². The molecule has 1 amide bonds. The predicted octanol–water partition coefficient (Wildman–Crippen LogP) is 6.40. The van der Waals surface area contributed by atoms with E-state index in [4.69, 9.17) is 4.74 Å². The van der Waals surface area contributed by atoms with Crippen LogP contribution in [0.5, 0.6) is 5.75 Å². The van der Waals surface area contributed by atoms with Gasteiger partial charge in [-0.25, -0.2) is 4.79 Å². The van der Waals surface area contributed by atoms with Crippen LogP contribution in [0.25, 0.3) is 0 Å². The number of unbranched alkanes of at least 4 members (excludes halogenated alkanes) is 2. The lowest BCUT2D eigenvalue weighted by atomic mass is 9.80. The van der Waals surface area contributed by atoms with Crippen LogP contribution in [0, 0.1) is 0 Å². The van der Waals surface area contributed by atoms with Crippen LogP contribution in [-0.4, -0.2) is 40.8 Å². The Morgan fingerprint density at radius 3 is 2.69 bits per heavy atom. The summed E-state index contributed by atoms with van der Waals surface area (Å²) in [5.41, 5.74) is 3.13. The van der Waals surface area contributed by atoms with Crippen LogP contribution in [0.3, 0.4) is 0 Å². The maximum absolute atomic E-state index is 13.5. The molecule has 0 saturated carbocycles. The number of hydrogen-bond donors (Lipinski definition) is 1. The maximum atomic E-state index is 13.5. The zero-order valence-corrected chi connectivity index (χ0v) is 22.4. The third-order valence-electron chi connectivity index (χ3n) is 6.77. The van der Waals surface area contributed by atoms with E-state index < -0.39 is 0 Å². The number of aryl methyl sites for hydroxylation is 1. The van der Waals surface area contributed by atoms with Crippen molar-refractivity contribution < 1.29 is 24.2 Å². The van der Waals surface area contributed by atoms with Gasteiger partial charge in [0, 0.05) is 32.4 Å². The number of benzene rings is 1. The van der Waals surface area contributed by atoms with Crippen molar-refractivity contribution in [1.29, 1.82) is 0 Å². The van der Waals surface area contributed by atoms with Gasteiger partial charge in [0.15, 0.2) is 0 Å². The van der Waals surface area contributed by atoms with E-state index in [-0.39, 0.29) is 29.3 Å². The first kappa shape index (κ1) is 27.9. The quantitative estimate of drug-likeness (QED) is 0.233. The van der Waals surface area contributed by atoms with Gasteiger partial charge in [-0.3, -0.25) is 9.59 Å². The van der Waals surface area contributed by atoms with Crippen LogP contribution >= 0.6 is 11.3 Å². The van der Waals surface area contributed by atoms with Gasteiger partial charge < -0.3 is 14.7 Å². The second kappa shape index (κ2) is 14.2. The van der Waals surface area contributed by atoms with Crippen molar-refractivity contribution in [2.45, 2.75) is 90.5 Å². The number of thiophene rings is 1. The highest BCUT2D eigenvalue weighted by Gasteiger charge is 2.26. The van der Waals surface area contributed by atoms with Crippen molar-refractivity contribution in [2.24, 2.45) is 0 Å². The third-order valence-corrected chi connectivity index (χ3v) is 7.73. The molecule has 1 unspecified atom stereocenters. The maximum Gasteiger partial charge on any atom is 0.348 e. The molecule has 1 aliphatic carbocycles. The van der Waals surface area contributed by atoms with Gasteiger partial charge in [0.1, 0.15) is 16.4 Å². The number of phenolic OH excluding ortho intramolecular Hbond substituents is 1. The smallest absolute Gasteiger partial charge is 0.348 e. The predicted molar refractivity (Wildman–Crippen MR) is 142 cm³/mol. The molecule has 6 nitrogen and oxygen atoms in total. The highest BCUT2D eigenvalue weighted by molar-refractivity contribution is 7.12. The second-order valence-electron chi connectivity index (χ2n) is 9.69. The molecule has 36 heavy (non-hydrogen) atoms. The Morgan fingerprint density at radius 2 is 1.92 bits per heavy atom. The molecule has 1 heterocycles. The molecule has 0 fully saturated rings. The Morgan fingerprint density at radius 1 is 1.11 bits per heavy atom. The fourth-order valence-electron chi connectivity index (χ4n) is 4.67. The molecule has 196 valence electrons. The van der Waals surface area contributed by atoms with Crippen molar-refractivity contribution in [3.05, 3.63) is 51.2 Å². The first-order valence-corrected chi connectivity index (χ1v) is 14.1. The number of carbonyl (C=O) groups excluding carboxylic acids is 3. The van der Waals surface area contributed by atoms with Crippen molar-refractivity contribution in [3.8, 4) is 5.75 Å². The number of carbonyl (C=O) groups is 3. The zero-order chi connectivity index (χ0) is 25.9. The molecule has 0 saturated heterocycles. The molecule has 0 radical (unpaired) electrons. The molecule has 1 aliphatic rings. The molecular formula is C29H39NO5S. The number of hydrogen-bond acceptors (Lipinski definition) is 6. The Labute approximate surface area is 218 Å². The Kier molecular flexibility index (Phi) is 11.0. The minimum atomic E-state index is -0.325. The van der Waals surface area contributed by atoms with Crippen molar-refractivity contribution in [2.75, 3.05) is 13.2 Å². The molecule has 3 rings (SSSR count). The van der Waals surface area contributed by atoms with Crippen LogP contribution < -0.4 is 0 Å². The summed E-state index contributed by atoms with van der Waals surface area (Å²) in [6.45, 7) is 5.27. The average Bonchev–Trinajstić information content (AvgIpc) is 3.34. The summed E-state index contributed by atoms with van der Waals surface area (Å²) in [5.74, 6) is 0.233. The summed E-state index contributed by atoms with van der Waals surface area (Å²) in [6.07, 6.45) is 7.72. The van der Waals surface area contributed by atoms with Crippen LogP contribution in [-0.2, 0) is 27.3 Å². The Bertz CT molecular complexity index is 1030. The number of fused-ring (bicyclic) bond motifs is 1. The molecule has 1 aromatic carbocycles. The van der Waals surface area contributed by atoms with E-state index >= 15 is 0 Å². The number of rotatable bonds is 14. The highest BCUT2D eigenvalue weighted by Crippen LogP contribution is 2.36. The molecule has 2 aromatic rings. The van der Waals surface area contributed by atoms with E-state index in [1.165, 1.54) is 11.3 Å². The minimum Gasteiger partial charge on any atom is -0.508 e. The molecule has 0 spiro atoms. The molecule has 1 N–H and O–H groups in total.